The first-order valence-electron chi connectivity index (χ1n) is 14.8. The fourth-order valence-corrected chi connectivity index (χ4v) is 12.6. The Hall–Kier alpha value is -4.31. The van der Waals surface area contributed by atoms with Crippen LogP contribution < -0.4 is 51.8 Å². The Morgan fingerprint density at radius 2 is 0.977 bits per heavy atom. The lowest BCUT2D eigenvalue weighted by Gasteiger charge is -2.40. The smallest absolute Gasteiger partial charge is 0.354 e. The number of hydrogen-bond donors (Lipinski definition) is 0. The Balaban J connectivity index is 1.32. The Morgan fingerprint density at radius 1 is 0.523 bits per heavy atom. The van der Waals surface area contributed by atoms with Crippen LogP contribution in [0.3, 0.4) is 0 Å². The molecule has 44 heavy (non-hydrogen) atoms. The average Bonchev–Trinajstić information content (AvgIpc) is 3.59. The average molecular weight is 600 g/mol. The van der Waals surface area contributed by atoms with Crippen LogP contribution >= 0.6 is 0 Å². The normalized spacial score (nSPS) is 22.5. The molecule has 4 aromatic carbocycles. The van der Waals surface area contributed by atoms with Crippen molar-refractivity contribution >= 4 is 80.2 Å². The second-order valence-electron chi connectivity index (χ2n) is 12.5. The summed E-state index contributed by atoms with van der Waals surface area (Å²) in [6.07, 6.45) is 4.40. The standard InChI is InChI=1S/C34H16B2N3O3S2/c40-43-23-9-1-5-17-19-7-3-15-37-33(19)35(27(17)23)29-25(43)13-11-21-31(29)39(37)32-22(42-21)12-14-26-30(32)36-28-18(6-2-10-24(28)44(26)41)20-8-4-16-38(39)34(20)36/h1-16H/q+3. The molecule has 1 spiro atoms. The molecule has 200 valence electrons. The minimum Gasteiger partial charge on any atom is -0.606 e. The number of nitrogens with zero attached hydrogens (tertiary/aromatic N) is 3. The highest BCUT2D eigenvalue weighted by Crippen LogP contribution is 2.53. The van der Waals surface area contributed by atoms with E-state index >= 15 is 0 Å². The fourth-order valence-electron chi connectivity index (χ4n) is 9.70. The van der Waals surface area contributed by atoms with Crippen molar-refractivity contribution in [2.24, 2.45) is 0 Å². The van der Waals surface area contributed by atoms with E-state index in [1.165, 1.54) is 22.3 Å². The van der Waals surface area contributed by atoms with E-state index in [0.29, 0.717) is 0 Å². The van der Waals surface area contributed by atoms with Crippen molar-refractivity contribution in [3.05, 3.63) is 97.3 Å². The van der Waals surface area contributed by atoms with Gasteiger partial charge in [0.2, 0.25) is 35.1 Å². The Morgan fingerprint density at radius 3 is 1.48 bits per heavy atom. The molecular formula is C34H16B2N3O3S2+3. The SMILES string of the molecule is [O-][S+]1c2cccc3c2B2c4c1ccc1c4[N+]4(c5c(ccc6c5B5c7c(cccc7[S+]6[O-])-c6ccc[n+]4c65)O1)[n+]1cccc-3c12. The van der Waals surface area contributed by atoms with Gasteiger partial charge >= 0.3 is 24.8 Å². The van der Waals surface area contributed by atoms with Crippen LogP contribution in [0.25, 0.3) is 22.3 Å². The number of hydrogen-bond acceptors (Lipinski definition) is 3. The Labute approximate surface area is 257 Å². The summed E-state index contributed by atoms with van der Waals surface area (Å²) in [5.41, 5.74) is 13.5. The van der Waals surface area contributed by atoms with Gasteiger partial charge in [0.25, 0.3) is 0 Å². The van der Waals surface area contributed by atoms with E-state index in [1.54, 1.807) is 0 Å². The van der Waals surface area contributed by atoms with Gasteiger partial charge in [0.1, 0.15) is 0 Å². The van der Waals surface area contributed by atoms with Crippen molar-refractivity contribution in [2.45, 2.75) is 19.6 Å². The van der Waals surface area contributed by atoms with Crippen LogP contribution in [0, 0.1) is 0 Å². The summed E-state index contributed by atoms with van der Waals surface area (Å²) in [5, 5.41) is 0. The largest absolute Gasteiger partial charge is 0.606 e. The van der Waals surface area contributed by atoms with Gasteiger partial charge in [-0.05, 0) is 59.7 Å². The summed E-state index contributed by atoms with van der Waals surface area (Å²) in [6.45, 7) is -0.108. The van der Waals surface area contributed by atoms with Crippen molar-refractivity contribution in [1.29, 1.82) is 0 Å². The molecule has 7 aliphatic heterocycles. The van der Waals surface area contributed by atoms with Crippen LogP contribution in [0.5, 0.6) is 11.5 Å². The van der Waals surface area contributed by atoms with Crippen LogP contribution in [0.1, 0.15) is 0 Å². The van der Waals surface area contributed by atoms with Gasteiger partial charge in [0.05, 0.1) is 10.9 Å². The topological polar surface area (TPSA) is 63.1 Å². The second-order valence-corrected chi connectivity index (χ2v) is 15.3. The number of ether oxygens (including phenoxy) is 1. The zero-order valence-corrected chi connectivity index (χ0v) is 24.4. The van der Waals surface area contributed by atoms with Crippen LogP contribution in [0.2, 0.25) is 0 Å². The zero-order valence-electron chi connectivity index (χ0n) is 22.8. The minimum atomic E-state index is -1.34. The summed E-state index contributed by atoms with van der Waals surface area (Å²) in [6, 6.07) is 29.2. The second kappa shape index (κ2) is 6.68. The summed E-state index contributed by atoms with van der Waals surface area (Å²) in [5.74, 6) is 1.53. The molecule has 6 aromatic rings. The highest BCUT2D eigenvalue weighted by atomic mass is 32.2. The van der Waals surface area contributed by atoms with Gasteiger partial charge in [0.15, 0.2) is 24.3 Å². The third kappa shape index (κ3) is 1.94. The molecule has 2 unspecified atom stereocenters. The van der Waals surface area contributed by atoms with Crippen LogP contribution in [-0.2, 0) is 22.4 Å². The number of rotatable bonds is 0. The first-order chi connectivity index (χ1) is 21.7. The summed E-state index contributed by atoms with van der Waals surface area (Å²) in [7, 11) is 0. The highest BCUT2D eigenvalue weighted by molar-refractivity contribution is 7.92. The molecule has 7 aliphatic rings. The minimum absolute atomic E-state index is 0.0542. The van der Waals surface area contributed by atoms with Gasteiger partial charge in [-0.2, -0.15) is 0 Å². The lowest BCUT2D eigenvalue weighted by Crippen LogP contribution is -2.99. The summed E-state index contributed by atoms with van der Waals surface area (Å²) in [4.78, 5) is 3.49. The maximum Gasteiger partial charge on any atom is 0.354 e. The van der Waals surface area contributed by atoms with E-state index in [9.17, 15) is 9.11 Å². The van der Waals surface area contributed by atoms with E-state index in [-0.39, 0.29) is 18.1 Å². The molecule has 0 saturated carbocycles. The number of fused-ring (bicyclic) bond motifs is 2. The lowest BCUT2D eigenvalue weighted by atomic mass is 9.38. The van der Waals surface area contributed by atoms with Gasteiger partial charge < -0.3 is 13.8 Å². The summed E-state index contributed by atoms with van der Waals surface area (Å²) >= 11 is -2.68. The predicted molar refractivity (Wildman–Crippen MR) is 168 cm³/mol. The molecule has 0 saturated heterocycles. The molecule has 0 N–H and O–H groups in total. The van der Waals surface area contributed by atoms with Gasteiger partial charge in [-0.25, -0.2) is 0 Å². The lowest BCUT2D eigenvalue weighted by molar-refractivity contribution is -1.03. The van der Waals surface area contributed by atoms with E-state index in [4.69, 9.17) is 4.74 Å². The number of pyridine rings is 2. The molecule has 10 heteroatoms. The molecule has 0 aliphatic carbocycles. The van der Waals surface area contributed by atoms with Crippen molar-refractivity contribution in [1.82, 2.24) is 4.70 Å². The monoisotopic (exact) mass is 600 g/mol. The van der Waals surface area contributed by atoms with E-state index in [1.807, 2.05) is 48.5 Å². The number of quaternary nitrogens is 1. The Kier molecular flexibility index (Phi) is 3.38. The van der Waals surface area contributed by atoms with Crippen molar-refractivity contribution in [3.8, 4) is 33.8 Å². The Bertz CT molecular complexity index is 2350. The van der Waals surface area contributed by atoms with Crippen molar-refractivity contribution < 1.29 is 23.2 Å². The van der Waals surface area contributed by atoms with Gasteiger partial charge in [-0.3, -0.25) is 0 Å². The summed E-state index contributed by atoms with van der Waals surface area (Å²) < 4.78 is 40.8. The highest BCUT2D eigenvalue weighted by Gasteiger charge is 2.77. The molecule has 0 amide bonds. The molecule has 0 fully saturated rings. The predicted octanol–water partition coefficient (Wildman–Crippen LogP) is 0.513. The van der Waals surface area contributed by atoms with Crippen LogP contribution in [0.4, 0.5) is 11.4 Å². The van der Waals surface area contributed by atoms with Crippen LogP contribution in [-0.4, -0.2) is 22.5 Å². The fraction of sp³-hybridized carbons (Fsp3) is 0. The third-order valence-electron chi connectivity index (χ3n) is 11.0. The molecule has 0 radical (unpaired) electrons. The van der Waals surface area contributed by atoms with E-state index in [0.717, 1.165) is 75.4 Å². The molecule has 0 bridgehead atoms. The third-order valence-corrected chi connectivity index (χ3v) is 14.0. The van der Waals surface area contributed by atoms with E-state index < -0.39 is 22.4 Å². The van der Waals surface area contributed by atoms with Crippen molar-refractivity contribution in [2.75, 3.05) is 0 Å². The zero-order chi connectivity index (χ0) is 28.4. The molecular weight excluding hydrogens is 584 g/mol. The van der Waals surface area contributed by atoms with Crippen LogP contribution in [0.15, 0.2) is 117 Å². The number of benzene rings is 4. The maximum atomic E-state index is 14.4. The van der Waals surface area contributed by atoms with E-state index in [2.05, 4.69) is 58.1 Å². The van der Waals surface area contributed by atoms with Gasteiger partial charge in [-0.1, -0.05) is 24.3 Å². The molecule has 9 heterocycles. The molecule has 2 atom stereocenters. The molecule has 13 rings (SSSR count). The van der Waals surface area contributed by atoms with Crippen molar-refractivity contribution in [3.63, 3.8) is 0 Å². The first kappa shape index (κ1) is 22.2. The maximum absolute atomic E-state index is 14.4. The van der Waals surface area contributed by atoms with Gasteiger partial charge in [0, 0.05) is 65.9 Å². The number of aromatic nitrogens is 2. The molecule has 6 nitrogen and oxygen atoms in total. The van der Waals surface area contributed by atoms with Gasteiger partial charge in [-0.15, -0.1) is 0 Å². The first-order valence-corrected chi connectivity index (χ1v) is 17.1. The quantitative estimate of drug-likeness (QED) is 0.110. The molecule has 2 aromatic heterocycles.